The maximum absolute atomic E-state index is 8.56. The summed E-state index contributed by atoms with van der Waals surface area (Å²) in [6.45, 7) is 5.31. The van der Waals surface area contributed by atoms with Gasteiger partial charge in [0.25, 0.3) is 0 Å². The van der Waals surface area contributed by atoms with E-state index in [0.29, 0.717) is 19.1 Å². The van der Waals surface area contributed by atoms with Gasteiger partial charge in [-0.1, -0.05) is 20.3 Å². The van der Waals surface area contributed by atoms with Crippen molar-refractivity contribution in [3.63, 3.8) is 0 Å². The zero-order valence-electron chi connectivity index (χ0n) is 8.12. The first-order valence-electron chi connectivity index (χ1n) is 4.68. The van der Waals surface area contributed by atoms with Crippen LogP contribution in [0.5, 0.6) is 0 Å². The summed E-state index contributed by atoms with van der Waals surface area (Å²) in [5.41, 5.74) is 5.54. The molecule has 74 valence electrons. The van der Waals surface area contributed by atoms with Crippen LogP contribution in [0, 0.1) is 5.92 Å². The average Bonchev–Trinajstić information content (AvgIpc) is 2.06. The molecule has 0 saturated heterocycles. The quantitative estimate of drug-likeness (QED) is 0.600. The predicted octanol–water partition coefficient (Wildman–Crippen LogP) is 0.759. The van der Waals surface area contributed by atoms with Gasteiger partial charge in [-0.25, -0.2) is 0 Å². The Morgan fingerprint density at radius 1 is 1.50 bits per heavy atom. The molecule has 0 bridgehead atoms. The van der Waals surface area contributed by atoms with Crippen LogP contribution in [0.3, 0.4) is 0 Å². The molecule has 0 spiro atoms. The summed E-state index contributed by atoms with van der Waals surface area (Å²) in [4.78, 5) is 0. The van der Waals surface area contributed by atoms with E-state index in [1.807, 2.05) is 0 Å². The van der Waals surface area contributed by atoms with Gasteiger partial charge in [0.1, 0.15) is 0 Å². The van der Waals surface area contributed by atoms with Crippen LogP contribution in [0.2, 0.25) is 0 Å². The molecule has 0 heterocycles. The van der Waals surface area contributed by atoms with Crippen molar-refractivity contribution < 1.29 is 9.84 Å². The first kappa shape index (κ1) is 11.9. The molecule has 0 radical (unpaired) electrons. The number of ether oxygens (including phenoxy) is 1. The normalized spacial score (nSPS) is 16.0. The Labute approximate surface area is 74.9 Å². The molecule has 0 aromatic rings. The molecule has 0 aliphatic carbocycles. The van der Waals surface area contributed by atoms with Gasteiger partial charge in [-0.05, 0) is 12.3 Å². The van der Waals surface area contributed by atoms with Gasteiger partial charge in [0.15, 0.2) is 0 Å². The van der Waals surface area contributed by atoms with Crippen molar-refractivity contribution >= 4 is 0 Å². The molecule has 2 atom stereocenters. The molecule has 3 heteroatoms. The monoisotopic (exact) mass is 175 g/mol. The number of hydrogen-bond acceptors (Lipinski definition) is 3. The minimum Gasteiger partial charge on any atom is -0.394 e. The van der Waals surface area contributed by atoms with Crippen molar-refractivity contribution in [1.29, 1.82) is 0 Å². The lowest BCUT2D eigenvalue weighted by Gasteiger charge is -2.22. The molecule has 0 fully saturated rings. The molecule has 0 saturated carbocycles. The van der Waals surface area contributed by atoms with Gasteiger partial charge in [-0.3, -0.25) is 0 Å². The van der Waals surface area contributed by atoms with Crippen molar-refractivity contribution in [2.45, 2.75) is 32.8 Å². The van der Waals surface area contributed by atoms with Crippen molar-refractivity contribution in [1.82, 2.24) is 0 Å². The van der Waals surface area contributed by atoms with Crippen LogP contribution in [0.4, 0.5) is 0 Å². The summed E-state index contributed by atoms with van der Waals surface area (Å²) < 4.78 is 5.38. The van der Waals surface area contributed by atoms with Crippen molar-refractivity contribution in [2.24, 2.45) is 11.7 Å². The van der Waals surface area contributed by atoms with Gasteiger partial charge in [0.2, 0.25) is 0 Å². The molecule has 3 nitrogen and oxygen atoms in total. The van der Waals surface area contributed by atoms with Crippen LogP contribution >= 0.6 is 0 Å². The number of aliphatic hydroxyl groups excluding tert-OH is 1. The minimum atomic E-state index is 0.0787. The van der Waals surface area contributed by atoms with Crippen LogP contribution in [0.25, 0.3) is 0 Å². The highest BCUT2D eigenvalue weighted by Gasteiger charge is 2.14. The average molecular weight is 175 g/mol. The highest BCUT2D eigenvalue weighted by Crippen LogP contribution is 2.12. The van der Waals surface area contributed by atoms with E-state index in [4.69, 9.17) is 15.6 Å². The molecule has 0 rings (SSSR count). The van der Waals surface area contributed by atoms with E-state index >= 15 is 0 Å². The zero-order valence-corrected chi connectivity index (χ0v) is 8.12. The Bertz CT molecular complexity index is 98.5. The summed E-state index contributed by atoms with van der Waals surface area (Å²) in [7, 11) is 0. The lowest BCUT2D eigenvalue weighted by Crippen LogP contribution is -2.31. The third-order valence-electron chi connectivity index (χ3n) is 2.03. The minimum absolute atomic E-state index is 0.0787. The summed E-state index contributed by atoms with van der Waals surface area (Å²) in [5, 5.41) is 8.56. The highest BCUT2D eigenvalue weighted by atomic mass is 16.5. The molecule has 12 heavy (non-hydrogen) atoms. The number of rotatable bonds is 7. The SMILES string of the molecule is CCCC(C)C(CN)OCCO. The van der Waals surface area contributed by atoms with Crippen molar-refractivity contribution in [3.8, 4) is 0 Å². The van der Waals surface area contributed by atoms with E-state index in [1.54, 1.807) is 0 Å². The Morgan fingerprint density at radius 2 is 2.17 bits per heavy atom. The first-order chi connectivity index (χ1) is 5.76. The van der Waals surface area contributed by atoms with Crippen LogP contribution in [-0.4, -0.2) is 31.0 Å². The summed E-state index contributed by atoms with van der Waals surface area (Å²) >= 11 is 0. The number of hydrogen-bond donors (Lipinski definition) is 2. The topological polar surface area (TPSA) is 55.5 Å². The van der Waals surface area contributed by atoms with E-state index in [2.05, 4.69) is 13.8 Å². The second-order valence-corrected chi connectivity index (χ2v) is 3.13. The second-order valence-electron chi connectivity index (χ2n) is 3.13. The maximum atomic E-state index is 8.56. The van der Waals surface area contributed by atoms with E-state index in [1.165, 1.54) is 0 Å². The molecule has 2 unspecified atom stereocenters. The highest BCUT2D eigenvalue weighted by molar-refractivity contribution is 4.66. The fourth-order valence-corrected chi connectivity index (χ4v) is 1.31. The van der Waals surface area contributed by atoms with Gasteiger partial charge in [0.05, 0.1) is 19.3 Å². The van der Waals surface area contributed by atoms with Gasteiger partial charge in [0, 0.05) is 6.54 Å². The van der Waals surface area contributed by atoms with E-state index < -0.39 is 0 Å². The van der Waals surface area contributed by atoms with Gasteiger partial charge >= 0.3 is 0 Å². The lowest BCUT2D eigenvalue weighted by atomic mass is 9.99. The zero-order chi connectivity index (χ0) is 9.40. The molecule has 0 aliphatic heterocycles. The van der Waals surface area contributed by atoms with Crippen molar-refractivity contribution in [3.05, 3.63) is 0 Å². The van der Waals surface area contributed by atoms with E-state index in [-0.39, 0.29) is 12.7 Å². The lowest BCUT2D eigenvalue weighted by molar-refractivity contribution is 0.00228. The molecule has 0 aromatic carbocycles. The summed E-state index contributed by atoms with van der Waals surface area (Å²) in [5.74, 6) is 0.492. The fraction of sp³-hybridized carbons (Fsp3) is 1.00. The molecular weight excluding hydrogens is 154 g/mol. The predicted molar refractivity (Wildman–Crippen MR) is 50.0 cm³/mol. The third-order valence-corrected chi connectivity index (χ3v) is 2.03. The van der Waals surface area contributed by atoms with E-state index in [0.717, 1.165) is 12.8 Å². The van der Waals surface area contributed by atoms with E-state index in [9.17, 15) is 0 Å². The second kappa shape index (κ2) is 7.53. The molecule has 0 aliphatic rings. The smallest absolute Gasteiger partial charge is 0.0723 e. The first-order valence-corrected chi connectivity index (χ1v) is 4.68. The van der Waals surface area contributed by atoms with Crippen molar-refractivity contribution in [2.75, 3.05) is 19.8 Å². The summed E-state index contributed by atoms with van der Waals surface area (Å²) in [6, 6.07) is 0. The van der Waals surface area contributed by atoms with Gasteiger partial charge < -0.3 is 15.6 Å². The van der Waals surface area contributed by atoms with Crippen LogP contribution < -0.4 is 5.73 Å². The Hall–Kier alpha value is -0.120. The largest absolute Gasteiger partial charge is 0.394 e. The molecule has 0 amide bonds. The van der Waals surface area contributed by atoms with Gasteiger partial charge in [-0.2, -0.15) is 0 Å². The summed E-state index contributed by atoms with van der Waals surface area (Å²) in [6.07, 6.45) is 2.39. The Balaban J connectivity index is 3.62. The van der Waals surface area contributed by atoms with Crippen LogP contribution in [0.1, 0.15) is 26.7 Å². The molecular formula is C9H21NO2. The molecule has 3 N–H and O–H groups in total. The van der Waals surface area contributed by atoms with Crippen LogP contribution in [-0.2, 0) is 4.74 Å². The Kier molecular flexibility index (Phi) is 7.45. The number of aliphatic hydroxyl groups is 1. The Morgan fingerprint density at radius 3 is 2.58 bits per heavy atom. The van der Waals surface area contributed by atoms with Gasteiger partial charge in [-0.15, -0.1) is 0 Å². The number of nitrogens with two attached hydrogens (primary N) is 1. The van der Waals surface area contributed by atoms with Crippen LogP contribution in [0.15, 0.2) is 0 Å². The third kappa shape index (κ3) is 4.70. The molecule has 0 aromatic heterocycles. The standard InChI is InChI=1S/C9H21NO2/c1-3-4-8(2)9(7-10)12-6-5-11/h8-9,11H,3-7,10H2,1-2H3. The maximum Gasteiger partial charge on any atom is 0.0723 e. The fourth-order valence-electron chi connectivity index (χ4n) is 1.31.